The van der Waals surface area contributed by atoms with Gasteiger partial charge in [0.15, 0.2) is 6.61 Å². The van der Waals surface area contributed by atoms with Gasteiger partial charge in [-0.05, 0) is 44.4 Å². The third kappa shape index (κ3) is 6.42. The first-order chi connectivity index (χ1) is 13.6. The predicted molar refractivity (Wildman–Crippen MR) is 110 cm³/mol. The second-order valence-corrected chi connectivity index (χ2v) is 8.13. The van der Waals surface area contributed by atoms with E-state index < -0.39 is 30.1 Å². The van der Waals surface area contributed by atoms with E-state index in [0.717, 1.165) is 0 Å². The first kappa shape index (κ1) is 22.1. The minimum absolute atomic E-state index is 0.131. The summed E-state index contributed by atoms with van der Waals surface area (Å²) in [6, 6.07) is 9.20. The van der Waals surface area contributed by atoms with Crippen LogP contribution in [-0.4, -0.2) is 43.0 Å². The van der Waals surface area contributed by atoms with E-state index >= 15 is 0 Å². The number of carbonyl (C=O) groups is 4. The molecule has 154 valence electrons. The molecule has 0 unspecified atom stereocenters. The second-order valence-electron chi connectivity index (χ2n) is 7.19. The number of rotatable bonds is 5. The Balaban J connectivity index is 2.02. The van der Waals surface area contributed by atoms with E-state index in [2.05, 4.69) is 10.6 Å². The van der Waals surface area contributed by atoms with Crippen molar-refractivity contribution in [3.8, 4) is 0 Å². The molecule has 1 aromatic heterocycles. The average Bonchev–Trinajstić information content (AvgIpc) is 3.18. The van der Waals surface area contributed by atoms with Gasteiger partial charge >= 0.3 is 12.0 Å². The van der Waals surface area contributed by atoms with Gasteiger partial charge in [0.2, 0.25) is 0 Å². The van der Waals surface area contributed by atoms with Crippen LogP contribution in [0.1, 0.15) is 40.8 Å². The molecule has 2 N–H and O–H groups in total. The number of benzene rings is 1. The summed E-state index contributed by atoms with van der Waals surface area (Å²) in [5.74, 6) is -1.81. The van der Waals surface area contributed by atoms with Crippen molar-refractivity contribution in [1.82, 2.24) is 10.6 Å². The zero-order chi connectivity index (χ0) is 21.6. The minimum atomic E-state index is -0.780. The molecule has 0 aliphatic rings. The van der Waals surface area contributed by atoms with Gasteiger partial charge in [0.1, 0.15) is 0 Å². The Morgan fingerprint density at radius 1 is 1.07 bits per heavy atom. The molecule has 4 amide bonds. The van der Waals surface area contributed by atoms with E-state index in [-0.39, 0.29) is 11.5 Å². The lowest BCUT2D eigenvalue weighted by molar-refractivity contribution is -0.123. The topological polar surface area (TPSA) is 105 Å². The molecule has 0 aliphatic carbocycles. The van der Waals surface area contributed by atoms with Crippen molar-refractivity contribution in [3.05, 3.63) is 52.2 Å². The highest BCUT2D eigenvalue weighted by Gasteiger charge is 2.22. The highest BCUT2D eigenvalue weighted by atomic mass is 32.1. The quantitative estimate of drug-likeness (QED) is 0.728. The molecule has 0 bridgehead atoms. The summed E-state index contributed by atoms with van der Waals surface area (Å²) in [7, 11) is 1.55. The van der Waals surface area contributed by atoms with Crippen LogP contribution in [0.25, 0.3) is 0 Å². The first-order valence-corrected chi connectivity index (χ1v) is 9.66. The molecule has 0 spiro atoms. The number of nitrogens with one attached hydrogen (secondary N) is 2. The Labute approximate surface area is 172 Å². The van der Waals surface area contributed by atoms with E-state index in [1.807, 2.05) is 0 Å². The van der Waals surface area contributed by atoms with Crippen LogP contribution in [0.3, 0.4) is 0 Å². The number of hydrogen-bond donors (Lipinski definition) is 2. The molecule has 0 atom stereocenters. The summed E-state index contributed by atoms with van der Waals surface area (Å²) in [5, 5.41) is 6.44. The van der Waals surface area contributed by atoms with Crippen LogP contribution in [-0.2, 0) is 9.53 Å². The van der Waals surface area contributed by atoms with Crippen LogP contribution in [0.15, 0.2) is 41.8 Å². The van der Waals surface area contributed by atoms with Crippen molar-refractivity contribution in [2.24, 2.45) is 0 Å². The lowest BCUT2D eigenvalue weighted by Gasteiger charge is -2.20. The maximum absolute atomic E-state index is 12.6. The number of imide groups is 1. The lowest BCUT2D eigenvalue weighted by Crippen LogP contribution is -2.49. The summed E-state index contributed by atoms with van der Waals surface area (Å²) < 4.78 is 5.02. The molecule has 1 heterocycles. The van der Waals surface area contributed by atoms with E-state index in [4.69, 9.17) is 4.74 Å². The predicted octanol–water partition coefficient (Wildman–Crippen LogP) is 2.81. The van der Waals surface area contributed by atoms with E-state index in [1.165, 1.54) is 22.3 Å². The van der Waals surface area contributed by atoms with Crippen molar-refractivity contribution in [1.29, 1.82) is 0 Å². The number of carbonyl (C=O) groups excluding carboxylic acids is 4. The molecule has 1 aromatic carbocycles. The van der Waals surface area contributed by atoms with Crippen LogP contribution < -0.4 is 15.5 Å². The summed E-state index contributed by atoms with van der Waals surface area (Å²) >= 11 is 1.29. The standard InChI is InChI=1S/C20H23N3O5S/c1-20(2,3)22-19(27)21-16(24)12-28-18(26)13-8-5-6-9-14(13)23(4)17(25)15-10-7-11-29-15/h5-11H,12H2,1-4H3,(H2,21,22,24,27). The highest BCUT2D eigenvalue weighted by molar-refractivity contribution is 7.12. The number of thiophene rings is 1. The number of amides is 4. The van der Waals surface area contributed by atoms with E-state index in [9.17, 15) is 19.2 Å². The normalized spacial score (nSPS) is 10.8. The van der Waals surface area contributed by atoms with Gasteiger partial charge in [-0.15, -0.1) is 11.3 Å². The number of ether oxygens (including phenoxy) is 1. The van der Waals surface area contributed by atoms with Crippen molar-refractivity contribution in [2.45, 2.75) is 26.3 Å². The van der Waals surface area contributed by atoms with Crippen LogP contribution in [0.4, 0.5) is 10.5 Å². The molecule has 0 aliphatic heterocycles. The summed E-state index contributed by atoms with van der Waals surface area (Å²) in [6.45, 7) is 4.67. The molecule has 8 nitrogen and oxygen atoms in total. The van der Waals surface area contributed by atoms with Crippen molar-refractivity contribution in [3.63, 3.8) is 0 Å². The molecular formula is C20H23N3O5S. The van der Waals surface area contributed by atoms with Crippen LogP contribution >= 0.6 is 11.3 Å². The maximum atomic E-state index is 12.6. The molecule has 9 heteroatoms. The Morgan fingerprint density at radius 2 is 1.76 bits per heavy atom. The van der Waals surface area contributed by atoms with Gasteiger partial charge in [-0.3, -0.25) is 14.9 Å². The lowest BCUT2D eigenvalue weighted by atomic mass is 10.1. The largest absolute Gasteiger partial charge is 0.452 e. The fourth-order valence-corrected chi connectivity index (χ4v) is 3.06. The maximum Gasteiger partial charge on any atom is 0.340 e. The average molecular weight is 417 g/mol. The number of para-hydroxylation sites is 1. The number of nitrogens with zero attached hydrogens (tertiary/aromatic N) is 1. The molecule has 29 heavy (non-hydrogen) atoms. The fraction of sp³-hybridized carbons (Fsp3) is 0.300. The molecule has 2 rings (SSSR count). The molecule has 0 radical (unpaired) electrons. The zero-order valence-corrected chi connectivity index (χ0v) is 17.5. The smallest absolute Gasteiger partial charge is 0.340 e. The number of anilines is 1. The Kier molecular flexibility index (Phi) is 7.11. The Morgan fingerprint density at radius 3 is 2.38 bits per heavy atom. The van der Waals surface area contributed by atoms with Crippen LogP contribution in [0.5, 0.6) is 0 Å². The van der Waals surface area contributed by atoms with Crippen molar-refractivity contribution < 1.29 is 23.9 Å². The SMILES string of the molecule is CN(C(=O)c1cccs1)c1ccccc1C(=O)OCC(=O)NC(=O)NC(C)(C)C. The Bertz CT molecular complexity index is 903. The van der Waals surface area contributed by atoms with E-state index in [0.29, 0.717) is 10.6 Å². The Hall–Kier alpha value is -3.20. The second kappa shape index (κ2) is 9.33. The molecule has 2 aromatic rings. The van der Waals surface area contributed by atoms with Crippen molar-refractivity contribution >= 4 is 40.8 Å². The molecule has 0 saturated carbocycles. The first-order valence-electron chi connectivity index (χ1n) is 8.78. The molecule has 0 fully saturated rings. The van der Waals surface area contributed by atoms with Crippen LogP contribution in [0.2, 0.25) is 0 Å². The zero-order valence-electron chi connectivity index (χ0n) is 16.6. The molecular weight excluding hydrogens is 394 g/mol. The van der Waals surface area contributed by atoms with Gasteiger partial charge in [-0.1, -0.05) is 18.2 Å². The molecule has 0 saturated heterocycles. The van der Waals surface area contributed by atoms with Gasteiger partial charge in [0.05, 0.1) is 16.1 Å². The summed E-state index contributed by atoms with van der Waals surface area (Å²) in [5.41, 5.74) is -0.0340. The number of esters is 1. The number of urea groups is 1. The summed E-state index contributed by atoms with van der Waals surface area (Å²) in [4.78, 5) is 50.4. The monoisotopic (exact) mass is 417 g/mol. The van der Waals surface area contributed by atoms with Gasteiger partial charge in [-0.2, -0.15) is 0 Å². The minimum Gasteiger partial charge on any atom is -0.452 e. The number of hydrogen-bond acceptors (Lipinski definition) is 6. The van der Waals surface area contributed by atoms with Gasteiger partial charge in [-0.25, -0.2) is 9.59 Å². The van der Waals surface area contributed by atoms with Gasteiger partial charge < -0.3 is 15.0 Å². The third-order valence-electron chi connectivity index (χ3n) is 3.60. The third-order valence-corrected chi connectivity index (χ3v) is 4.46. The van der Waals surface area contributed by atoms with E-state index in [1.54, 1.807) is 63.5 Å². The summed E-state index contributed by atoms with van der Waals surface area (Å²) in [6.07, 6.45) is 0. The fourth-order valence-electron chi connectivity index (χ4n) is 2.36. The van der Waals surface area contributed by atoms with Crippen LogP contribution in [0, 0.1) is 0 Å². The van der Waals surface area contributed by atoms with Gasteiger partial charge in [0.25, 0.3) is 11.8 Å². The van der Waals surface area contributed by atoms with Crippen molar-refractivity contribution in [2.75, 3.05) is 18.6 Å². The van der Waals surface area contributed by atoms with Gasteiger partial charge in [0, 0.05) is 12.6 Å². The highest BCUT2D eigenvalue weighted by Crippen LogP contribution is 2.23.